The molecule has 1 N–H and O–H groups in total. The van der Waals surface area contributed by atoms with E-state index in [9.17, 15) is 4.79 Å². The van der Waals surface area contributed by atoms with Gasteiger partial charge in [0, 0.05) is 5.69 Å². The van der Waals surface area contributed by atoms with Crippen LogP contribution in [0.1, 0.15) is 9.67 Å². The van der Waals surface area contributed by atoms with E-state index in [-0.39, 0.29) is 5.91 Å². The van der Waals surface area contributed by atoms with Gasteiger partial charge in [-0.05, 0) is 29.6 Å². The van der Waals surface area contributed by atoms with Crippen LogP contribution in [0.25, 0.3) is 0 Å². The summed E-state index contributed by atoms with van der Waals surface area (Å²) in [5, 5.41) is 4.67. The summed E-state index contributed by atoms with van der Waals surface area (Å²) in [5.41, 5.74) is 0.769. The first kappa shape index (κ1) is 8.97. The normalized spacial score (nSPS) is 9.71. The lowest BCUT2D eigenvalue weighted by atomic mass is 10.3. The van der Waals surface area contributed by atoms with Crippen molar-refractivity contribution in [2.75, 3.05) is 5.32 Å². The van der Waals surface area contributed by atoms with Crippen LogP contribution in [0.5, 0.6) is 0 Å². The van der Waals surface area contributed by atoms with E-state index in [1.54, 1.807) is 18.2 Å². The summed E-state index contributed by atoms with van der Waals surface area (Å²) >= 11 is 1.43. The van der Waals surface area contributed by atoms with Gasteiger partial charge in [0.05, 0.1) is 4.88 Å². The topological polar surface area (TPSA) is 29.1 Å². The van der Waals surface area contributed by atoms with Gasteiger partial charge in [-0.1, -0.05) is 18.2 Å². The zero-order valence-corrected chi connectivity index (χ0v) is 8.17. The summed E-state index contributed by atoms with van der Waals surface area (Å²) in [7, 11) is 0. The third-order valence-corrected chi connectivity index (χ3v) is 2.58. The number of carbonyl (C=O) groups is 1. The molecule has 14 heavy (non-hydrogen) atoms. The van der Waals surface area contributed by atoms with E-state index in [2.05, 4.69) is 11.4 Å². The molecule has 2 rings (SSSR count). The van der Waals surface area contributed by atoms with Crippen LogP contribution in [-0.4, -0.2) is 5.91 Å². The molecule has 1 aromatic carbocycles. The van der Waals surface area contributed by atoms with Crippen molar-refractivity contribution < 1.29 is 4.79 Å². The van der Waals surface area contributed by atoms with Gasteiger partial charge >= 0.3 is 0 Å². The molecule has 0 saturated heterocycles. The highest BCUT2D eigenvalue weighted by atomic mass is 32.1. The summed E-state index contributed by atoms with van der Waals surface area (Å²) in [6.07, 6.45) is 0. The van der Waals surface area contributed by atoms with Crippen molar-refractivity contribution in [1.82, 2.24) is 0 Å². The van der Waals surface area contributed by atoms with Crippen LogP contribution < -0.4 is 5.32 Å². The lowest BCUT2D eigenvalue weighted by molar-refractivity contribution is 0.103. The molecule has 0 aliphatic rings. The smallest absolute Gasteiger partial charge is 0.265 e. The highest BCUT2D eigenvalue weighted by molar-refractivity contribution is 7.12. The van der Waals surface area contributed by atoms with Gasteiger partial charge in [0.25, 0.3) is 5.91 Å². The average molecular weight is 202 g/mol. The molecule has 2 aromatic rings. The second-order valence-corrected chi connectivity index (χ2v) is 3.67. The minimum absolute atomic E-state index is 0.0698. The first-order valence-corrected chi connectivity index (χ1v) is 5.05. The van der Waals surface area contributed by atoms with Crippen LogP contribution in [0, 0.1) is 6.07 Å². The van der Waals surface area contributed by atoms with E-state index >= 15 is 0 Å². The van der Waals surface area contributed by atoms with Gasteiger partial charge in [0.2, 0.25) is 0 Å². The highest BCUT2D eigenvalue weighted by Gasteiger charge is 2.05. The lowest BCUT2D eigenvalue weighted by Gasteiger charge is -2.01. The van der Waals surface area contributed by atoms with Gasteiger partial charge in [0.1, 0.15) is 0 Å². The fourth-order valence-corrected chi connectivity index (χ4v) is 1.69. The van der Waals surface area contributed by atoms with E-state index < -0.39 is 0 Å². The van der Waals surface area contributed by atoms with Crippen molar-refractivity contribution in [3.8, 4) is 0 Å². The van der Waals surface area contributed by atoms with Gasteiger partial charge in [-0.3, -0.25) is 4.79 Å². The van der Waals surface area contributed by atoms with Gasteiger partial charge in [-0.15, -0.1) is 11.3 Å². The van der Waals surface area contributed by atoms with Crippen LogP contribution in [0.2, 0.25) is 0 Å². The molecule has 69 valence electrons. The zero-order valence-electron chi connectivity index (χ0n) is 7.36. The van der Waals surface area contributed by atoms with E-state index in [4.69, 9.17) is 0 Å². The van der Waals surface area contributed by atoms with E-state index in [0.29, 0.717) is 4.88 Å². The Morgan fingerprint density at radius 1 is 1.36 bits per heavy atom. The molecule has 0 aliphatic heterocycles. The van der Waals surface area contributed by atoms with E-state index in [1.165, 1.54) is 11.3 Å². The highest BCUT2D eigenvalue weighted by Crippen LogP contribution is 2.12. The SMILES string of the molecule is O=C(Nc1c[c]ccc1)c1cccs1. The van der Waals surface area contributed by atoms with Crippen molar-refractivity contribution >= 4 is 22.9 Å². The maximum atomic E-state index is 11.6. The van der Waals surface area contributed by atoms with Gasteiger partial charge in [-0.25, -0.2) is 0 Å². The maximum absolute atomic E-state index is 11.6. The van der Waals surface area contributed by atoms with Crippen LogP contribution >= 0.6 is 11.3 Å². The molecule has 3 heteroatoms. The number of carbonyl (C=O) groups excluding carboxylic acids is 1. The van der Waals surface area contributed by atoms with Crippen molar-refractivity contribution in [1.29, 1.82) is 0 Å². The lowest BCUT2D eigenvalue weighted by Crippen LogP contribution is -2.09. The summed E-state index contributed by atoms with van der Waals surface area (Å²) in [6, 6.07) is 13.8. The van der Waals surface area contributed by atoms with Gasteiger partial charge in [-0.2, -0.15) is 0 Å². The monoisotopic (exact) mass is 202 g/mol. The molecule has 0 atom stereocenters. The molecule has 0 aliphatic carbocycles. The second-order valence-electron chi connectivity index (χ2n) is 2.72. The van der Waals surface area contributed by atoms with Crippen molar-refractivity contribution in [3.63, 3.8) is 0 Å². The quantitative estimate of drug-likeness (QED) is 0.797. The Labute approximate surface area is 86.2 Å². The first-order valence-electron chi connectivity index (χ1n) is 4.17. The Morgan fingerprint density at radius 3 is 2.93 bits per heavy atom. The number of benzene rings is 1. The molecular weight excluding hydrogens is 194 g/mol. The van der Waals surface area contributed by atoms with Crippen molar-refractivity contribution in [3.05, 3.63) is 52.7 Å². The molecule has 1 radical (unpaired) electrons. The molecule has 0 bridgehead atoms. The molecule has 0 saturated carbocycles. The summed E-state index contributed by atoms with van der Waals surface area (Å²) in [4.78, 5) is 12.3. The number of nitrogens with one attached hydrogen (secondary N) is 1. The summed E-state index contributed by atoms with van der Waals surface area (Å²) < 4.78 is 0. The second kappa shape index (κ2) is 4.07. The van der Waals surface area contributed by atoms with Crippen LogP contribution in [0.15, 0.2) is 41.8 Å². The summed E-state index contributed by atoms with van der Waals surface area (Å²) in [6.45, 7) is 0. The zero-order chi connectivity index (χ0) is 9.80. The average Bonchev–Trinajstić information content (AvgIpc) is 2.72. The number of hydrogen-bond donors (Lipinski definition) is 1. The molecule has 1 heterocycles. The summed E-state index contributed by atoms with van der Waals surface area (Å²) in [5.74, 6) is -0.0698. The minimum atomic E-state index is -0.0698. The van der Waals surface area contributed by atoms with E-state index in [0.717, 1.165) is 5.69 Å². The van der Waals surface area contributed by atoms with Crippen LogP contribution in [0.4, 0.5) is 5.69 Å². The number of thiophene rings is 1. The Bertz CT molecular complexity index is 408. The molecule has 0 unspecified atom stereocenters. The predicted molar refractivity (Wildman–Crippen MR) is 57.6 cm³/mol. The van der Waals surface area contributed by atoms with Gasteiger partial charge in [0.15, 0.2) is 0 Å². The number of hydrogen-bond acceptors (Lipinski definition) is 2. The molecule has 2 nitrogen and oxygen atoms in total. The fraction of sp³-hybridized carbons (Fsp3) is 0. The molecular formula is C11H8NOS. The van der Waals surface area contributed by atoms with E-state index in [1.807, 2.05) is 23.6 Å². The number of anilines is 1. The Morgan fingerprint density at radius 2 is 2.29 bits per heavy atom. The molecule has 1 amide bonds. The largest absolute Gasteiger partial charge is 0.321 e. The maximum Gasteiger partial charge on any atom is 0.265 e. The first-order chi connectivity index (χ1) is 6.86. The minimum Gasteiger partial charge on any atom is -0.321 e. The van der Waals surface area contributed by atoms with Crippen LogP contribution in [-0.2, 0) is 0 Å². The van der Waals surface area contributed by atoms with Gasteiger partial charge < -0.3 is 5.32 Å². The molecule has 1 aromatic heterocycles. The third kappa shape index (κ3) is 2.00. The Balaban J connectivity index is 2.10. The number of amides is 1. The standard InChI is InChI=1S/C11H8NOS/c13-11(10-7-4-8-14-10)12-9-5-2-1-3-6-9/h1-2,4-8H,(H,12,13). The fourth-order valence-electron chi connectivity index (χ4n) is 1.07. The van der Waals surface area contributed by atoms with Crippen molar-refractivity contribution in [2.24, 2.45) is 0 Å². The third-order valence-electron chi connectivity index (χ3n) is 1.71. The predicted octanol–water partition coefficient (Wildman–Crippen LogP) is 2.80. The van der Waals surface area contributed by atoms with Crippen LogP contribution in [0.3, 0.4) is 0 Å². The Kier molecular flexibility index (Phi) is 2.60. The van der Waals surface area contributed by atoms with Crippen molar-refractivity contribution in [2.45, 2.75) is 0 Å². The molecule has 0 fully saturated rings. The Hall–Kier alpha value is -1.61. The molecule has 0 spiro atoms. The number of rotatable bonds is 2.